The molecule has 2 aromatic rings. The number of hydrogen-bond donors (Lipinski definition) is 3. The maximum Gasteiger partial charge on any atom is 0.159 e. The number of benzene rings is 1. The van der Waals surface area contributed by atoms with E-state index in [1.807, 2.05) is 6.20 Å². The van der Waals surface area contributed by atoms with E-state index in [9.17, 15) is 10.2 Å². The monoisotopic (exact) mass is 205 g/mol. The van der Waals surface area contributed by atoms with Crippen molar-refractivity contribution in [3.05, 3.63) is 23.9 Å². The molecule has 1 heterocycles. The van der Waals surface area contributed by atoms with Crippen molar-refractivity contribution in [3.63, 3.8) is 0 Å². The topological polar surface area (TPSA) is 56.2 Å². The third kappa shape index (κ3) is 1.77. The summed E-state index contributed by atoms with van der Waals surface area (Å²) in [6, 6.07) is 3.17. The highest BCUT2D eigenvalue weighted by Crippen LogP contribution is 2.31. The largest absolute Gasteiger partial charge is 0.504 e. The lowest BCUT2D eigenvalue weighted by Crippen LogP contribution is -1.81. The van der Waals surface area contributed by atoms with Crippen LogP contribution in [-0.4, -0.2) is 15.2 Å². The van der Waals surface area contributed by atoms with Gasteiger partial charge in [-0.15, -0.1) is 0 Å². The summed E-state index contributed by atoms with van der Waals surface area (Å²) in [6.45, 7) is 2.15. The quantitative estimate of drug-likeness (QED) is 0.675. The van der Waals surface area contributed by atoms with E-state index >= 15 is 0 Å². The molecule has 0 radical (unpaired) electrons. The molecule has 1 aromatic carbocycles. The van der Waals surface area contributed by atoms with E-state index in [1.165, 1.54) is 5.56 Å². The van der Waals surface area contributed by atoms with E-state index in [1.54, 1.807) is 12.1 Å². The third-order valence-electron chi connectivity index (χ3n) is 2.66. The van der Waals surface area contributed by atoms with Gasteiger partial charge >= 0.3 is 0 Å². The molecule has 3 N–H and O–H groups in total. The summed E-state index contributed by atoms with van der Waals surface area (Å²) in [7, 11) is 0. The Balaban J connectivity index is 2.45. The predicted octanol–water partition coefficient (Wildman–Crippen LogP) is 2.92. The zero-order chi connectivity index (χ0) is 10.8. The van der Waals surface area contributed by atoms with Crippen molar-refractivity contribution >= 4 is 10.9 Å². The van der Waals surface area contributed by atoms with Gasteiger partial charge in [0.15, 0.2) is 11.5 Å². The highest BCUT2D eigenvalue weighted by atomic mass is 16.3. The van der Waals surface area contributed by atoms with Crippen molar-refractivity contribution in [2.24, 2.45) is 0 Å². The van der Waals surface area contributed by atoms with Crippen LogP contribution in [0.5, 0.6) is 11.5 Å². The Morgan fingerprint density at radius 1 is 1.20 bits per heavy atom. The number of aryl methyl sites for hydroxylation is 1. The Kier molecular flexibility index (Phi) is 2.54. The van der Waals surface area contributed by atoms with Crippen LogP contribution in [0.3, 0.4) is 0 Å². The van der Waals surface area contributed by atoms with Gasteiger partial charge in [-0.3, -0.25) is 0 Å². The van der Waals surface area contributed by atoms with E-state index in [0.717, 1.165) is 30.2 Å². The summed E-state index contributed by atoms with van der Waals surface area (Å²) in [6.07, 6.45) is 5.23. The third-order valence-corrected chi connectivity index (χ3v) is 2.66. The summed E-state index contributed by atoms with van der Waals surface area (Å²) in [5.41, 5.74) is 2.07. The van der Waals surface area contributed by atoms with E-state index < -0.39 is 0 Å². The van der Waals surface area contributed by atoms with Crippen molar-refractivity contribution in [2.75, 3.05) is 0 Å². The maximum atomic E-state index is 9.42. The number of H-pyrrole nitrogens is 1. The van der Waals surface area contributed by atoms with Crippen LogP contribution in [0, 0.1) is 0 Å². The summed E-state index contributed by atoms with van der Waals surface area (Å²) < 4.78 is 0. The molecule has 0 saturated heterocycles. The van der Waals surface area contributed by atoms with E-state index in [2.05, 4.69) is 11.9 Å². The number of aromatic hydroxyl groups is 2. The number of fused-ring (bicyclic) bond motifs is 1. The molecule has 0 bridgehead atoms. The zero-order valence-corrected chi connectivity index (χ0v) is 8.75. The van der Waals surface area contributed by atoms with Gasteiger partial charge in [-0.1, -0.05) is 13.3 Å². The minimum atomic E-state index is -0.0774. The number of aromatic amines is 1. The van der Waals surface area contributed by atoms with Crippen molar-refractivity contribution in [1.29, 1.82) is 0 Å². The zero-order valence-electron chi connectivity index (χ0n) is 8.75. The van der Waals surface area contributed by atoms with Gasteiger partial charge in [-0.2, -0.15) is 0 Å². The van der Waals surface area contributed by atoms with Crippen molar-refractivity contribution < 1.29 is 10.2 Å². The molecule has 3 nitrogen and oxygen atoms in total. The first-order valence-corrected chi connectivity index (χ1v) is 5.24. The molecule has 2 rings (SSSR count). The van der Waals surface area contributed by atoms with Gasteiger partial charge in [-0.05, 0) is 24.5 Å². The molecule has 1 aromatic heterocycles. The Labute approximate surface area is 88.4 Å². The van der Waals surface area contributed by atoms with Gasteiger partial charge in [0, 0.05) is 23.2 Å². The predicted molar refractivity (Wildman–Crippen MR) is 60.2 cm³/mol. The second kappa shape index (κ2) is 3.85. The Morgan fingerprint density at radius 2 is 1.93 bits per heavy atom. The van der Waals surface area contributed by atoms with Crippen LogP contribution in [0.1, 0.15) is 25.3 Å². The first kappa shape index (κ1) is 9.90. The molecule has 15 heavy (non-hydrogen) atoms. The fraction of sp³-hybridized carbons (Fsp3) is 0.333. The van der Waals surface area contributed by atoms with Crippen molar-refractivity contribution in [2.45, 2.75) is 26.2 Å². The summed E-state index contributed by atoms with van der Waals surface area (Å²) in [5, 5.41) is 19.8. The average molecular weight is 205 g/mol. The van der Waals surface area contributed by atoms with Gasteiger partial charge in [0.2, 0.25) is 0 Å². The molecule has 0 saturated carbocycles. The van der Waals surface area contributed by atoms with Crippen LogP contribution < -0.4 is 0 Å². The summed E-state index contributed by atoms with van der Waals surface area (Å²) in [4.78, 5) is 3.09. The molecular weight excluding hydrogens is 190 g/mol. The first-order valence-electron chi connectivity index (χ1n) is 5.24. The van der Waals surface area contributed by atoms with Gasteiger partial charge in [0.05, 0.1) is 0 Å². The second-order valence-corrected chi connectivity index (χ2v) is 3.80. The van der Waals surface area contributed by atoms with Crippen molar-refractivity contribution in [1.82, 2.24) is 4.98 Å². The highest BCUT2D eigenvalue weighted by molar-refractivity contribution is 5.86. The molecule has 0 aliphatic heterocycles. The molecule has 0 aliphatic carbocycles. The van der Waals surface area contributed by atoms with Crippen LogP contribution >= 0.6 is 0 Å². The minimum Gasteiger partial charge on any atom is -0.504 e. The maximum absolute atomic E-state index is 9.42. The molecule has 0 aliphatic rings. The fourth-order valence-electron chi connectivity index (χ4n) is 1.78. The van der Waals surface area contributed by atoms with Gasteiger partial charge in [0.1, 0.15) is 0 Å². The first-order chi connectivity index (χ1) is 7.22. The van der Waals surface area contributed by atoms with Gasteiger partial charge in [-0.25, -0.2) is 0 Å². The molecule has 0 fully saturated rings. The number of phenolic OH excluding ortho intramolecular Hbond substituents is 2. The van der Waals surface area contributed by atoms with Crippen LogP contribution in [0.25, 0.3) is 10.9 Å². The van der Waals surface area contributed by atoms with E-state index in [-0.39, 0.29) is 11.5 Å². The lowest BCUT2D eigenvalue weighted by atomic mass is 10.1. The highest BCUT2D eigenvalue weighted by Gasteiger charge is 2.07. The number of nitrogens with one attached hydrogen (secondary N) is 1. The smallest absolute Gasteiger partial charge is 0.159 e. The normalized spacial score (nSPS) is 11.0. The van der Waals surface area contributed by atoms with Gasteiger partial charge < -0.3 is 15.2 Å². The minimum absolute atomic E-state index is 0.0557. The molecule has 0 atom stereocenters. The molecule has 0 spiro atoms. The second-order valence-electron chi connectivity index (χ2n) is 3.80. The van der Waals surface area contributed by atoms with Gasteiger partial charge in [0.25, 0.3) is 0 Å². The lowest BCUT2D eigenvalue weighted by molar-refractivity contribution is 0.405. The Morgan fingerprint density at radius 3 is 2.67 bits per heavy atom. The van der Waals surface area contributed by atoms with Crippen LogP contribution in [0.2, 0.25) is 0 Å². The average Bonchev–Trinajstić information content (AvgIpc) is 2.59. The van der Waals surface area contributed by atoms with E-state index in [0.29, 0.717) is 0 Å². The van der Waals surface area contributed by atoms with Crippen LogP contribution in [-0.2, 0) is 6.42 Å². The Bertz CT molecular complexity index is 474. The molecule has 3 heteroatoms. The van der Waals surface area contributed by atoms with Crippen LogP contribution in [0.15, 0.2) is 18.3 Å². The summed E-state index contributed by atoms with van der Waals surface area (Å²) in [5.74, 6) is -0.133. The number of phenols is 2. The number of rotatable bonds is 3. The molecular formula is C12H15NO2. The van der Waals surface area contributed by atoms with Crippen molar-refractivity contribution in [3.8, 4) is 11.5 Å². The summed E-state index contributed by atoms with van der Waals surface area (Å²) >= 11 is 0. The fourth-order valence-corrected chi connectivity index (χ4v) is 1.78. The molecule has 80 valence electrons. The number of aromatic nitrogens is 1. The number of unbranched alkanes of at least 4 members (excludes halogenated alkanes) is 1. The Hall–Kier alpha value is -1.64. The molecule has 0 unspecified atom stereocenters. The molecule has 0 amide bonds. The van der Waals surface area contributed by atoms with Crippen LogP contribution in [0.4, 0.5) is 0 Å². The lowest BCUT2D eigenvalue weighted by Gasteiger charge is -2.00. The van der Waals surface area contributed by atoms with E-state index in [4.69, 9.17) is 0 Å². The number of hydrogen-bond acceptors (Lipinski definition) is 2. The standard InChI is InChI=1S/C12H15NO2/c1-2-3-4-8-7-13-10-6-12(15)11(14)5-9(8)10/h5-7,13-15H,2-4H2,1H3. The SMILES string of the molecule is CCCCc1c[nH]c2cc(O)c(O)cc12.